The number of aryl methyl sites for hydroxylation is 2. The average molecular weight is 409 g/mol. The Bertz CT molecular complexity index is 1030. The zero-order valence-electron chi connectivity index (χ0n) is 17.8. The summed E-state index contributed by atoms with van der Waals surface area (Å²) in [5.41, 5.74) is 3.74. The minimum Gasteiger partial charge on any atom is -0.383 e. The number of anilines is 1. The second-order valence-corrected chi connectivity index (χ2v) is 7.73. The van der Waals surface area contributed by atoms with Crippen molar-refractivity contribution >= 4 is 22.6 Å². The van der Waals surface area contributed by atoms with Gasteiger partial charge in [0.2, 0.25) is 5.91 Å². The molecule has 1 amide bonds. The van der Waals surface area contributed by atoms with Crippen LogP contribution >= 0.6 is 0 Å². The number of hydrogen-bond donors (Lipinski definition) is 1. The molecule has 0 saturated carbocycles. The average Bonchev–Trinajstić information content (AvgIpc) is 3.13. The molecule has 3 aromatic rings. The second kappa shape index (κ2) is 8.79. The van der Waals surface area contributed by atoms with Crippen molar-refractivity contribution in [1.82, 2.24) is 25.3 Å². The Kier molecular flexibility index (Phi) is 5.94. The molecule has 0 bridgehead atoms. The van der Waals surface area contributed by atoms with Crippen LogP contribution in [0.4, 0.5) is 5.82 Å². The number of methoxy groups -OCH3 is 1. The third-order valence-corrected chi connectivity index (χ3v) is 5.68. The maximum absolute atomic E-state index is 12.6. The number of para-hydroxylation sites is 1. The van der Waals surface area contributed by atoms with Gasteiger partial charge in [0.05, 0.1) is 35.0 Å². The van der Waals surface area contributed by atoms with E-state index in [4.69, 9.17) is 9.84 Å². The van der Waals surface area contributed by atoms with Crippen LogP contribution < -0.4 is 10.2 Å². The maximum Gasteiger partial charge on any atom is 0.224 e. The summed E-state index contributed by atoms with van der Waals surface area (Å²) in [6.07, 6.45) is 1.80. The molecule has 158 valence electrons. The topological polar surface area (TPSA) is 85.2 Å². The number of nitrogens with zero attached hydrogens (tertiary/aromatic N) is 5. The van der Waals surface area contributed by atoms with E-state index in [0.29, 0.717) is 19.7 Å². The van der Waals surface area contributed by atoms with Crippen LogP contribution in [0.5, 0.6) is 0 Å². The molecule has 0 aliphatic carbocycles. The van der Waals surface area contributed by atoms with E-state index >= 15 is 0 Å². The molecular formula is C22H28N6O2. The molecule has 0 spiro atoms. The maximum atomic E-state index is 12.6. The predicted octanol–water partition coefficient (Wildman–Crippen LogP) is 2.41. The van der Waals surface area contributed by atoms with Gasteiger partial charge in [0.25, 0.3) is 0 Å². The zero-order valence-corrected chi connectivity index (χ0v) is 17.8. The number of ether oxygens (including phenoxy) is 1. The lowest BCUT2D eigenvalue weighted by molar-refractivity contribution is -0.125. The first-order valence-electron chi connectivity index (χ1n) is 10.4. The highest BCUT2D eigenvalue weighted by Gasteiger charge is 2.29. The molecule has 4 rings (SSSR count). The molecule has 0 unspecified atom stereocenters. The van der Waals surface area contributed by atoms with Crippen LogP contribution in [-0.4, -0.2) is 59.2 Å². The van der Waals surface area contributed by atoms with E-state index in [9.17, 15) is 4.79 Å². The summed E-state index contributed by atoms with van der Waals surface area (Å²) in [4.78, 5) is 14.7. The van der Waals surface area contributed by atoms with E-state index in [2.05, 4.69) is 27.3 Å². The lowest BCUT2D eigenvalue weighted by atomic mass is 9.97. The first-order valence-corrected chi connectivity index (χ1v) is 10.4. The van der Waals surface area contributed by atoms with Crippen LogP contribution in [0.3, 0.4) is 0 Å². The predicted molar refractivity (Wildman–Crippen MR) is 116 cm³/mol. The summed E-state index contributed by atoms with van der Waals surface area (Å²) in [7, 11) is 1.63. The summed E-state index contributed by atoms with van der Waals surface area (Å²) >= 11 is 0. The largest absolute Gasteiger partial charge is 0.383 e. The fraction of sp³-hybridized carbons (Fsp3) is 0.455. The van der Waals surface area contributed by atoms with E-state index in [-0.39, 0.29) is 11.8 Å². The highest BCUT2D eigenvalue weighted by molar-refractivity contribution is 5.92. The van der Waals surface area contributed by atoms with Gasteiger partial charge in [-0.05, 0) is 38.8 Å². The molecule has 2 aromatic heterocycles. The number of carbonyl (C=O) groups is 1. The molecular weight excluding hydrogens is 380 g/mol. The number of fused-ring (bicyclic) bond motifs is 1. The number of aromatic nitrogens is 4. The van der Waals surface area contributed by atoms with Crippen molar-refractivity contribution in [3.8, 4) is 5.69 Å². The van der Waals surface area contributed by atoms with Gasteiger partial charge >= 0.3 is 0 Å². The number of benzene rings is 1. The smallest absolute Gasteiger partial charge is 0.224 e. The molecule has 30 heavy (non-hydrogen) atoms. The van der Waals surface area contributed by atoms with Gasteiger partial charge in [-0.2, -0.15) is 10.2 Å². The number of hydrogen-bond acceptors (Lipinski definition) is 6. The Balaban J connectivity index is 1.66. The second-order valence-electron chi connectivity index (χ2n) is 7.73. The third-order valence-electron chi connectivity index (χ3n) is 5.68. The minimum atomic E-state index is -0.0777. The Labute approximate surface area is 176 Å². The van der Waals surface area contributed by atoms with Crippen molar-refractivity contribution in [1.29, 1.82) is 0 Å². The van der Waals surface area contributed by atoms with E-state index < -0.39 is 0 Å². The minimum absolute atomic E-state index is 0.0686. The Hall–Kier alpha value is -3.00. The lowest BCUT2D eigenvalue weighted by Gasteiger charge is -2.32. The molecule has 1 aliphatic heterocycles. The Morgan fingerprint density at radius 1 is 1.23 bits per heavy atom. The number of piperidine rings is 1. The summed E-state index contributed by atoms with van der Waals surface area (Å²) in [6, 6.07) is 10.1. The van der Waals surface area contributed by atoms with Crippen LogP contribution in [0, 0.1) is 19.8 Å². The fourth-order valence-electron chi connectivity index (χ4n) is 4.15. The summed E-state index contributed by atoms with van der Waals surface area (Å²) in [5.74, 6) is 0.743. The summed E-state index contributed by atoms with van der Waals surface area (Å²) in [5, 5.41) is 17.8. The fourth-order valence-corrected chi connectivity index (χ4v) is 4.15. The molecule has 1 fully saturated rings. The quantitative estimate of drug-likeness (QED) is 0.631. The van der Waals surface area contributed by atoms with Crippen LogP contribution in [-0.2, 0) is 9.53 Å². The molecule has 1 saturated heterocycles. The van der Waals surface area contributed by atoms with Gasteiger partial charge in [-0.25, -0.2) is 4.68 Å². The molecule has 1 atom stereocenters. The Morgan fingerprint density at radius 3 is 2.80 bits per heavy atom. The molecule has 0 radical (unpaired) electrons. The number of nitrogens with one attached hydrogen (secondary N) is 1. The number of carbonyl (C=O) groups excluding carboxylic acids is 1. The van der Waals surface area contributed by atoms with Gasteiger partial charge in [-0.3, -0.25) is 4.79 Å². The van der Waals surface area contributed by atoms with E-state index in [1.165, 1.54) is 0 Å². The summed E-state index contributed by atoms with van der Waals surface area (Å²) in [6.45, 7) is 6.52. The number of rotatable bonds is 6. The molecule has 8 heteroatoms. The number of amides is 1. The molecule has 3 heterocycles. The molecule has 1 aromatic carbocycles. The van der Waals surface area contributed by atoms with Gasteiger partial charge in [-0.15, -0.1) is 5.10 Å². The summed E-state index contributed by atoms with van der Waals surface area (Å²) < 4.78 is 6.97. The first-order chi connectivity index (χ1) is 14.6. The highest BCUT2D eigenvalue weighted by Crippen LogP contribution is 2.31. The third kappa shape index (κ3) is 3.87. The normalized spacial score (nSPS) is 16.8. The van der Waals surface area contributed by atoms with Crippen molar-refractivity contribution in [2.45, 2.75) is 26.7 Å². The first kappa shape index (κ1) is 20.3. The van der Waals surface area contributed by atoms with Crippen molar-refractivity contribution in [3.63, 3.8) is 0 Å². The Morgan fingerprint density at radius 2 is 2.03 bits per heavy atom. The van der Waals surface area contributed by atoms with E-state index in [0.717, 1.165) is 53.2 Å². The van der Waals surface area contributed by atoms with Crippen molar-refractivity contribution in [2.24, 2.45) is 5.92 Å². The van der Waals surface area contributed by atoms with Gasteiger partial charge in [0.15, 0.2) is 5.82 Å². The van der Waals surface area contributed by atoms with E-state index in [1.54, 1.807) is 7.11 Å². The van der Waals surface area contributed by atoms with E-state index in [1.807, 2.05) is 41.9 Å². The van der Waals surface area contributed by atoms with Crippen LogP contribution in [0.25, 0.3) is 16.6 Å². The highest BCUT2D eigenvalue weighted by atomic mass is 16.5. The van der Waals surface area contributed by atoms with Crippen molar-refractivity contribution < 1.29 is 9.53 Å². The van der Waals surface area contributed by atoms with Gasteiger partial charge in [0, 0.05) is 26.7 Å². The molecule has 1 N–H and O–H groups in total. The zero-order chi connectivity index (χ0) is 21.1. The monoisotopic (exact) mass is 408 g/mol. The molecule has 1 aliphatic rings. The molecule has 8 nitrogen and oxygen atoms in total. The lowest BCUT2D eigenvalue weighted by Crippen LogP contribution is -2.44. The van der Waals surface area contributed by atoms with Crippen LogP contribution in [0.1, 0.15) is 24.2 Å². The van der Waals surface area contributed by atoms with Crippen molar-refractivity contribution in [2.75, 3.05) is 38.3 Å². The standard InChI is InChI=1S/C22H28N6O2/c1-15-19-16(2)28(18-9-5-4-6-10-18)26-20(19)21(25-24-15)27-12-7-8-17(14-27)22(29)23-11-13-30-3/h4-6,9-10,17H,7-8,11-14H2,1-3H3,(H,23,29)/t17-/m0/s1. The van der Waals surface area contributed by atoms with Gasteiger partial charge in [0.1, 0.15) is 5.52 Å². The van der Waals surface area contributed by atoms with Crippen LogP contribution in [0.2, 0.25) is 0 Å². The SMILES string of the molecule is COCCNC(=O)[C@H]1CCCN(c2nnc(C)c3c(C)n(-c4ccccc4)nc23)C1. The van der Waals surface area contributed by atoms with Gasteiger partial charge < -0.3 is 15.0 Å². The van der Waals surface area contributed by atoms with Gasteiger partial charge in [-0.1, -0.05) is 18.2 Å². The van der Waals surface area contributed by atoms with Crippen LogP contribution in [0.15, 0.2) is 30.3 Å². The van der Waals surface area contributed by atoms with Crippen molar-refractivity contribution in [3.05, 3.63) is 41.7 Å².